The average Bonchev–Trinajstić information content (AvgIpc) is 2.35. The summed E-state index contributed by atoms with van der Waals surface area (Å²) in [5.41, 5.74) is 2.45. The molecule has 0 unspecified atom stereocenters. The highest BCUT2D eigenvalue weighted by atomic mass is 127. The maximum Gasteiger partial charge on any atom is 0.192 e. The first-order valence-electron chi connectivity index (χ1n) is 5.77. The minimum atomic E-state index is 0. The van der Waals surface area contributed by atoms with Crippen LogP contribution < -0.4 is 10.6 Å². The molecular weight excluding hydrogens is 337 g/mol. The average molecular weight is 357 g/mol. The maximum absolute atomic E-state index is 5.20. The zero-order chi connectivity index (χ0) is 12.5. The Balaban J connectivity index is 0.00000289. The van der Waals surface area contributed by atoms with Gasteiger partial charge in [-0.25, -0.2) is 4.99 Å². The second-order valence-corrected chi connectivity index (χ2v) is 3.74. The molecule has 0 saturated heterocycles. The lowest BCUT2D eigenvalue weighted by molar-refractivity contribution is 0.865. The van der Waals surface area contributed by atoms with Crippen LogP contribution in [0.3, 0.4) is 0 Å². The summed E-state index contributed by atoms with van der Waals surface area (Å²) in [6.45, 7) is 6.06. The Morgan fingerprint density at radius 2 is 1.94 bits per heavy atom. The summed E-state index contributed by atoms with van der Waals surface area (Å²) < 4.78 is 0. The van der Waals surface area contributed by atoms with Crippen LogP contribution in [-0.2, 0) is 6.54 Å². The first-order chi connectivity index (χ1) is 8.26. The van der Waals surface area contributed by atoms with Crippen molar-refractivity contribution in [2.45, 2.75) is 20.4 Å². The summed E-state index contributed by atoms with van der Waals surface area (Å²) in [5, 5.41) is 6.20. The fourth-order valence-corrected chi connectivity index (χ4v) is 1.34. The van der Waals surface area contributed by atoms with Gasteiger partial charge in [0.1, 0.15) is 0 Å². The van der Waals surface area contributed by atoms with Gasteiger partial charge >= 0.3 is 0 Å². The molecule has 0 radical (unpaired) electrons. The number of nitrogens with one attached hydrogen (secondary N) is 2. The van der Waals surface area contributed by atoms with Gasteiger partial charge in [0.25, 0.3) is 0 Å². The Labute approximate surface area is 126 Å². The van der Waals surface area contributed by atoms with Gasteiger partial charge in [-0.2, -0.15) is 0 Å². The normalized spacial score (nSPS) is 10.2. The van der Waals surface area contributed by atoms with Crippen molar-refractivity contribution in [2.24, 2.45) is 4.99 Å². The number of nitrogens with zero attached hydrogens (tertiary/aromatic N) is 1. The number of terminal acetylenes is 1. The Morgan fingerprint density at radius 1 is 1.28 bits per heavy atom. The van der Waals surface area contributed by atoms with Gasteiger partial charge in [0, 0.05) is 6.54 Å². The van der Waals surface area contributed by atoms with Crippen molar-refractivity contribution in [3.05, 3.63) is 35.4 Å². The smallest absolute Gasteiger partial charge is 0.192 e. The molecule has 18 heavy (non-hydrogen) atoms. The van der Waals surface area contributed by atoms with Gasteiger partial charge in [0.2, 0.25) is 0 Å². The highest BCUT2D eigenvalue weighted by molar-refractivity contribution is 14.0. The van der Waals surface area contributed by atoms with Crippen LogP contribution >= 0.6 is 24.0 Å². The molecule has 1 rings (SSSR count). The molecule has 0 aliphatic rings. The number of aliphatic imine (C=N–C) groups is 1. The van der Waals surface area contributed by atoms with Crippen LogP contribution in [0.2, 0.25) is 0 Å². The number of hydrogen-bond donors (Lipinski definition) is 2. The summed E-state index contributed by atoms with van der Waals surface area (Å²) in [4.78, 5) is 4.45. The molecule has 0 spiro atoms. The number of aryl methyl sites for hydroxylation is 1. The van der Waals surface area contributed by atoms with Gasteiger partial charge < -0.3 is 10.6 Å². The third kappa shape index (κ3) is 6.50. The predicted octanol–water partition coefficient (Wildman–Crippen LogP) is 2.30. The molecule has 0 bridgehead atoms. The van der Waals surface area contributed by atoms with Crippen molar-refractivity contribution < 1.29 is 0 Å². The molecule has 0 fully saturated rings. The zero-order valence-electron chi connectivity index (χ0n) is 10.9. The molecule has 0 saturated carbocycles. The van der Waals surface area contributed by atoms with Gasteiger partial charge in [-0.15, -0.1) is 30.4 Å². The quantitative estimate of drug-likeness (QED) is 0.376. The van der Waals surface area contributed by atoms with Crippen molar-refractivity contribution in [2.75, 3.05) is 13.1 Å². The number of hydrogen-bond acceptors (Lipinski definition) is 1. The lowest BCUT2D eigenvalue weighted by Crippen LogP contribution is -2.37. The Kier molecular flexibility index (Phi) is 9.11. The maximum atomic E-state index is 5.20. The molecule has 3 nitrogen and oxygen atoms in total. The molecule has 1 aromatic rings. The van der Waals surface area contributed by atoms with E-state index in [9.17, 15) is 0 Å². The predicted molar refractivity (Wildman–Crippen MR) is 88.2 cm³/mol. The van der Waals surface area contributed by atoms with E-state index in [1.54, 1.807) is 0 Å². The van der Waals surface area contributed by atoms with E-state index in [4.69, 9.17) is 6.42 Å². The molecule has 0 aliphatic heterocycles. The summed E-state index contributed by atoms with van der Waals surface area (Å²) in [6, 6.07) is 8.35. The molecule has 0 aliphatic carbocycles. The van der Waals surface area contributed by atoms with Crippen molar-refractivity contribution in [3.63, 3.8) is 0 Å². The number of benzene rings is 1. The van der Waals surface area contributed by atoms with E-state index >= 15 is 0 Å². The van der Waals surface area contributed by atoms with Crippen molar-refractivity contribution in [1.29, 1.82) is 0 Å². The molecule has 98 valence electrons. The highest BCUT2D eigenvalue weighted by Crippen LogP contribution is 2.04. The monoisotopic (exact) mass is 357 g/mol. The minimum Gasteiger partial charge on any atom is -0.357 e. The van der Waals surface area contributed by atoms with Crippen LogP contribution in [0.1, 0.15) is 18.1 Å². The van der Waals surface area contributed by atoms with Crippen molar-refractivity contribution >= 4 is 29.9 Å². The van der Waals surface area contributed by atoms with E-state index < -0.39 is 0 Å². The van der Waals surface area contributed by atoms with E-state index in [2.05, 4.69) is 52.7 Å². The topological polar surface area (TPSA) is 36.4 Å². The third-order valence-electron chi connectivity index (χ3n) is 2.24. The fourth-order valence-electron chi connectivity index (χ4n) is 1.34. The Bertz CT molecular complexity index is 404. The van der Waals surface area contributed by atoms with Gasteiger partial charge in [-0.05, 0) is 19.4 Å². The van der Waals surface area contributed by atoms with Crippen molar-refractivity contribution in [1.82, 2.24) is 10.6 Å². The lowest BCUT2D eigenvalue weighted by atomic mass is 10.1. The highest BCUT2D eigenvalue weighted by Gasteiger charge is 1.95. The number of guanidine groups is 1. The summed E-state index contributed by atoms with van der Waals surface area (Å²) in [5.74, 6) is 3.29. The van der Waals surface area contributed by atoms with E-state index in [1.807, 2.05) is 6.92 Å². The molecular formula is C14H20IN3. The van der Waals surface area contributed by atoms with Crippen LogP contribution in [0.15, 0.2) is 29.3 Å². The van der Waals surface area contributed by atoms with E-state index in [1.165, 1.54) is 11.1 Å². The molecule has 0 atom stereocenters. The summed E-state index contributed by atoms with van der Waals surface area (Å²) >= 11 is 0. The van der Waals surface area contributed by atoms with Gasteiger partial charge in [0.05, 0.1) is 13.1 Å². The zero-order valence-corrected chi connectivity index (χ0v) is 13.2. The lowest BCUT2D eigenvalue weighted by Gasteiger charge is -2.08. The van der Waals surface area contributed by atoms with E-state index in [0.29, 0.717) is 13.1 Å². The van der Waals surface area contributed by atoms with E-state index in [-0.39, 0.29) is 24.0 Å². The number of halogens is 1. The standard InChI is InChI=1S/C14H19N3.HI/c1-4-10-16-14(15-5-2)17-11-13-8-6-12(3)7-9-13;/h1,6-9H,5,10-11H2,2-3H3,(H2,15,16,17);1H. The molecule has 4 heteroatoms. The fraction of sp³-hybridized carbons (Fsp3) is 0.357. The molecule has 2 N–H and O–H groups in total. The van der Waals surface area contributed by atoms with Gasteiger partial charge in [-0.3, -0.25) is 0 Å². The van der Waals surface area contributed by atoms with Crippen LogP contribution in [0.5, 0.6) is 0 Å². The van der Waals surface area contributed by atoms with Crippen LogP contribution in [0.25, 0.3) is 0 Å². The van der Waals surface area contributed by atoms with Crippen LogP contribution in [0, 0.1) is 19.3 Å². The second-order valence-electron chi connectivity index (χ2n) is 3.74. The minimum absolute atomic E-state index is 0. The third-order valence-corrected chi connectivity index (χ3v) is 2.24. The summed E-state index contributed by atoms with van der Waals surface area (Å²) in [7, 11) is 0. The first kappa shape index (κ1) is 16.8. The Morgan fingerprint density at radius 3 is 2.50 bits per heavy atom. The van der Waals surface area contributed by atoms with E-state index in [0.717, 1.165) is 12.5 Å². The molecule has 0 amide bonds. The Hall–Kier alpha value is -1.22. The number of rotatable bonds is 4. The molecule has 0 aromatic heterocycles. The second kappa shape index (κ2) is 9.77. The SMILES string of the molecule is C#CCNC(=NCc1ccc(C)cc1)NCC.I. The van der Waals surface area contributed by atoms with Crippen LogP contribution in [-0.4, -0.2) is 19.0 Å². The molecule has 0 heterocycles. The van der Waals surface area contributed by atoms with Crippen LogP contribution in [0.4, 0.5) is 0 Å². The van der Waals surface area contributed by atoms with Gasteiger partial charge in [-0.1, -0.05) is 35.7 Å². The first-order valence-corrected chi connectivity index (χ1v) is 5.77. The van der Waals surface area contributed by atoms with Crippen molar-refractivity contribution in [3.8, 4) is 12.3 Å². The van der Waals surface area contributed by atoms with Gasteiger partial charge in [0.15, 0.2) is 5.96 Å². The largest absolute Gasteiger partial charge is 0.357 e. The summed E-state index contributed by atoms with van der Waals surface area (Å²) in [6.07, 6.45) is 5.20. The molecule has 1 aromatic carbocycles.